The number of carbonyl (C=O) groups excluding carboxylic acids is 3. The predicted molar refractivity (Wildman–Crippen MR) is 120 cm³/mol. The van der Waals surface area contributed by atoms with Crippen molar-refractivity contribution < 1.29 is 19.1 Å². The summed E-state index contributed by atoms with van der Waals surface area (Å²) >= 11 is 0. The van der Waals surface area contributed by atoms with Crippen LogP contribution in [0.5, 0.6) is 0 Å². The number of hydrogen-bond donors (Lipinski definition) is 3. The lowest BCUT2D eigenvalue weighted by Crippen LogP contribution is -2.53. The highest BCUT2D eigenvalue weighted by molar-refractivity contribution is 5.88. The molecule has 3 amide bonds. The second-order valence-electron chi connectivity index (χ2n) is 7.15. The van der Waals surface area contributed by atoms with E-state index in [1.807, 2.05) is 91.0 Å². The molecule has 7 heteroatoms. The summed E-state index contributed by atoms with van der Waals surface area (Å²) < 4.78 is 5.23. The Balaban J connectivity index is 1.56. The quantitative estimate of drug-likeness (QED) is 0.478. The van der Waals surface area contributed by atoms with Gasteiger partial charge in [-0.3, -0.25) is 20.4 Å². The first-order valence-corrected chi connectivity index (χ1v) is 10.2. The molecule has 0 aliphatic rings. The van der Waals surface area contributed by atoms with E-state index in [9.17, 15) is 14.4 Å². The van der Waals surface area contributed by atoms with Gasteiger partial charge in [-0.25, -0.2) is 4.79 Å². The van der Waals surface area contributed by atoms with Crippen LogP contribution in [-0.2, 0) is 33.8 Å². The molecule has 3 rings (SSSR count). The summed E-state index contributed by atoms with van der Waals surface area (Å²) in [6, 6.07) is 26.7. The first-order chi connectivity index (χ1) is 15.6. The van der Waals surface area contributed by atoms with Gasteiger partial charge in [-0.05, 0) is 16.7 Å². The highest BCUT2D eigenvalue weighted by Crippen LogP contribution is 2.05. The first-order valence-electron chi connectivity index (χ1n) is 10.2. The summed E-state index contributed by atoms with van der Waals surface area (Å²) in [5.41, 5.74) is 7.30. The fourth-order valence-electron chi connectivity index (χ4n) is 3.01. The number of nitrogens with one attached hydrogen (secondary N) is 3. The molecule has 0 unspecified atom stereocenters. The molecule has 0 aliphatic heterocycles. The van der Waals surface area contributed by atoms with E-state index in [2.05, 4.69) is 16.2 Å². The summed E-state index contributed by atoms with van der Waals surface area (Å²) in [4.78, 5) is 37.2. The lowest BCUT2D eigenvalue weighted by Gasteiger charge is -2.19. The molecule has 0 aromatic heterocycles. The lowest BCUT2D eigenvalue weighted by molar-refractivity contribution is -0.129. The smallest absolute Gasteiger partial charge is 0.408 e. The summed E-state index contributed by atoms with van der Waals surface area (Å²) in [7, 11) is 0. The monoisotopic (exact) mass is 431 g/mol. The van der Waals surface area contributed by atoms with Crippen molar-refractivity contribution >= 4 is 17.9 Å². The SMILES string of the molecule is O=C(Cc1ccccc1)NNC(=O)[C@H](Cc1ccccc1)NC(=O)OCc1ccccc1. The van der Waals surface area contributed by atoms with Crippen molar-refractivity contribution in [3.05, 3.63) is 108 Å². The topological polar surface area (TPSA) is 96.5 Å². The van der Waals surface area contributed by atoms with Crippen molar-refractivity contribution in [1.29, 1.82) is 0 Å². The normalized spacial score (nSPS) is 11.1. The molecule has 0 radical (unpaired) electrons. The van der Waals surface area contributed by atoms with Crippen LogP contribution in [0, 0.1) is 0 Å². The standard InChI is InChI=1S/C25H25N3O4/c29-23(17-20-12-6-2-7-13-20)27-28-24(30)22(16-19-10-4-1-5-11-19)26-25(31)32-18-21-14-8-3-9-15-21/h1-15,22H,16-18H2,(H,26,31)(H,27,29)(H,28,30)/t22-/m0/s1. The van der Waals surface area contributed by atoms with Crippen LogP contribution in [-0.4, -0.2) is 23.9 Å². The number of ether oxygens (including phenoxy) is 1. The minimum atomic E-state index is -0.933. The Labute approximate surface area is 186 Å². The van der Waals surface area contributed by atoms with E-state index in [1.54, 1.807) is 0 Å². The average molecular weight is 431 g/mol. The zero-order valence-corrected chi connectivity index (χ0v) is 17.5. The number of alkyl carbamates (subject to hydrolysis) is 1. The maximum absolute atomic E-state index is 12.7. The van der Waals surface area contributed by atoms with Crippen LogP contribution in [0.1, 0.15) is 16.7 Å². The Morgan fingerprint density at radius 3 is 1.81 bits per heavy atom. The zero-order valence-electron chi connectivity index (χ0n) is 17.5. The third-order valence-corrected chi connectivity index (χ3v) is 4.64. The summed E-state index contributed by atoms with van der Waals surface area (Å²) in [5.74, 6) is -0.915. The van der Waals surface area contributed by atoms with E-state index in [0.717, 1.165) is 16.7 Å². The van der Waals surface area contributed by atoms with Gasteiger partial charge in [0.05, 0.1) is 6.42 Å². The summed E-state index contributed by atoms with van der Waals surface area (Å²) in [5, 5.41) is 2.58. The van der Waals surface area contributed by atoms with Crippen molar-refractivity contribution in [2.24, 2.45) is 0 Å². The molecular weight excluding hydrogens is 406 g/mol. The molecular formula is C25H25N3O4. The summed E-state index contributed by atoms with van der Waals surface area (Å²) in [6.45, 7) is 0.0835. The van der Waals surface area contributed by atoms with Crippen LogP contribution < -0.4 is 16.2 Å². The zero-order chi connectivity index (χ0) is 22.6. The van der Waals surface area contributed by atoms with Crippen molar-refractivity contribution in [1.82, 2.24) is 16.2 Å². The molecule has 0 saturated heterocycles. The minimum Gasteiger partial charge on any atom is -0.445 e. The first kappa shape index (κ1) is 22.6. The Hall–Kier alpha value is -4.13. The van der Waals surface area contributed by atoms with E-state index in [4.69, 9.17) is 4.74 Å². The van der Waals surface area contributed by atoms with Gasteiger partial charge in [0.25, 0.3) is 5.91 Å². The van der Waals surface area contributed by atoms with Crippen LogP contribution in [0.4, 0.5) is 4.79 Å². The second kappa shape index (κ2) is 11.9. The average Bonchev–Trinajstić information content (AvgIpc) is 2.83. The predicted octanol–water partition coefficient (Wildman–Crippen LogP) is 2.91. The van der Waals surface area contributed by atoms with Crippen molar-refractivity contribution in [3.63, 3.8) is 0 Å². The van der Waals surface area contributed by atoms with Crippen LogP contribution in [0.3, 0.4) is 0 Å². The Kier molecular flexibility index (Phi) is 8.39. The molecule has 0 fully saturated rings. The minimum absolute atomic E-state index is 0.0835. The molecule has 0 spiro atoms. The van der Waals surface area contributed by atoms with Crippen LogP contribution in [0.25, 0.3) is 0 Å². The molecule has 3 N–H and O–H groups in total. The summed E-state index contributed by atoms with van der Waals surface area (Å²) in [6.07, 6.45) is -0.362. The third-order valence-electron chi connectivity index (χ3n) is 4.64. The van der Waals surface area contributed by atoms with Gasteiger partial charge in [-0.15, -0.1) is 0 Å². The van der Waals surface area contributed by atoms with Crippen molar-refractivity contribution in [2.45, 2.75) is 25.5 Å². The molecule has 0 heterocycles. The van der Waals surface area contributed by atoms with Crippen LogP contribution >= 0.6 is 0 Å². The van der Waals surface area contributed by atoms with Gasteiger partial charge in [0.2, 0.25) is 5.91 Å². The molecule has 0 bridgehead atoms. The van der Waals surface area contributed by atoms with Crippen molar-refractivity contribution in [3.8, 4) is 0 Å². The van der Waals surface area contributed by atoms with E-state index >= 15 is 0 Å². The Bertz CT molecular complexity index is 1010. The van der Waals surface area contributed by atoms with Gasteiger partial charge in [0.1, 0.15) is 12.6 Å². The van der Waals surface area contributed by atoms with Crippen LogP contribution in [0.15, 0.2) is 91.0 Å². The molecule has 0 saturated carbocycles. The maximum Gasteiger partial charge on any atom is 0.408 e. The number of rotatable bonds is 8. The number of hydrazine groups is 1. The maximum atomic E-state index is 12.7. The number of hydrogen-bond acceptors (Lipinski definition) is 4. The van der Waals surface area contributed by atoms with Crippen molar-refractivity contribution in [2.75, 3.05) is 0 Å². The molecule has 1 atom stereocenters. The third kappa shape index (κ3) is 7.60. The van der Waals surface area contributed by atoms with Gasteiger partial charge in [0.15, 0.2) is 0 Å². The highest BCUT2D eigenvalue weighted by atomic mass is 16.5. The largest absolute Gasteiger partial charge is 0.445 e. The van der Waals surface area contributed by atoms with Gasteiger partial charge < -0.3 is 10.1 Å². The lowest BCUT2D eigenvalue weighted by atomic mass is 10.1. The highest BCUT2D eigenvalue weighted by Gasteiger charge is 2.22. The van der Waals surface area contributed by atoms with Gasteiger partial charge in [-0.2, -0.15) is 0 Å². The van der Waals surface area contributed by atoms with Gasteiger partial charge in [-0.1, -0.05) is 91.0 Å². The molecule has 32 heavy (non-hydrogen) atoms. The fraction of sp³-hybridized carbons (Fsp3) is 0.160. The van der Waals surface area contributed by atoms with Gasteiger partial charge in [0, 0.05) is 6.42 Å². The molecule has 7 nitrogen and oxygen atoms in total. The Morgan fingerprint density at radius 1 is 0.688 bits per heavy atom. The molecule has 164 valence electrons. The van der Waals surface area contributed by atoms with E-state index in [0.29, 0.717) is 0 Å². The Morgan fingerprint density at radius 2 is 1.22 bits per heavy atom. The van der Waals surface area contributed by atoms with E-state index in [1.165, 1.54) is 0 Å². The molecule has 3 aromatic carbocycles. The van der Waals surface area contributed by atoms with E-state index in [-0.39, 0.29) is 25.4 Å². The van der Waals surface area contributed by atoms with Gasteiger partial charge >= 0.3 is 6.09 Å². The van der Waals surface area contributed by atoms with E-state index < -0.39 is 18.0 Å². The molecule has 0 aliphatic carbocycles. The number of benzene rings is 3. The number of carbonyl (C=O) groups is 3. The number of amides is 3. The van der Waals surface area contributed by atoms with Crippen LogP contribution in [0.2, 0.25) is 0 Å². The second-order valence-corrected chi connectivity index (χ2v) is 7.15. The molecule has 3 aromatic rings. The fourth-order valence-corrected chi connectivity index (χ4v) is 3.01.